The normalized spacial score (nSPS) is 19.8. The molecule has 1 aliphatic rings. The van der Waals surface area contributed by atoms with Gasteiger partial charge in [-0.05, 0) is 56.3 Å². The molecule has 0 amide bonds. The summed E-state index contributed by atoms with van der Waals surface area (Å²) in [7, 11) is 1.86. The van der Waals surface area contributed by atoms with Gasteiger partial charge in [0.05, 0.1) is 17.8 Å². The van der Waals surface area contributed by atoms with Crippen molar-refractivity contribution in [1.29, 1.82) is 0 Å². The average molecular weight is 379 g/mol. The maximum absolute atomic E-state index is 11.5. The van der Waals surface area contributed by atoms with E-state index in [2.05, 4.69) is 36.2 Å². The Kier molecular flexibility index (Phi) is 4.73. The maximum Gasteiger partial charge on any atom is 0.337 e. The lowest BCUT2D eigenvalue weighted by atomic mass is 10.1. The van der Waals surface area contributed by atoms with Gasteiger partial charge in [0.25, 0.3) is 0 Å². The Morgan fingerprint density at radius 1 is 1.07 bits per heavy atom. The molecule has 1 aromatic heterocycles. The maximum atomic E-state index is 11.5. The number of nitrogens with zero attached hydrogens (tertiary/aromatic N) is 2. The Hall–Kier alpha value is -2.99. The first kappa shape index (κ1) is 18.4. The van der Waals surface area contributed by atoms with Gasteiger partial charge < -0.3 is 24.6 Å². The van der Waals surface area contributed by atoms with Gasteiger partial charge in [0, 0.05) is 54.3 Å². The van der Waals surface area contributed by atoms with E-state index in [4.69, 9.17) is 4.74 Å². The van der Waals surface area contributed by atoms with Gasteiger partial charge in [-0.2, -0.15) is 0 Å². The SMILES string of the molecule is CC1CN(c2ccc(Nc3ccc4c(c3)c(C(=O)O)cn4C)cc2)CC(C)O1. The summed E-state index contributed by atoms with van der Waals surface area (Å²) in [5, 5.41) is 13.5. The number of aryl methyl sites for hydroxylation is 1. The zero-order valence-corrected chi connectivity index (χ0v) is 16.3. The van der Waals surface area contributed by atoms with Crippen molar-refractivity contribution < 1.29 is 14.6 Å². The molecule has 28 heavy (non-hydrogen) atoms. The minimum Gasteiger partial charge on any atom is -0.478 e. The molecule has 1 aliphatic heterocycles. The quantitative estimate of drug-likeness (QED) is 0.710. The van der Waals surface area contributed by atoms with Gasteiger partial charge in [-0.3, -0.25) is 0 Å². The zero-order valence-electron chi connectivity index (χ0n) is 16.3. The lowest BCUT2D eigenvalue weighted by Gasteiger charge is -2.36. The Morgan fingerprint density at radius 2 is 1.71 bits per heavy atom. The van der Waals surface area contributed by atoms with E-state index in [0.717, 1.165) is 35.4 Å². The van der Waals surface area contributed by atoms with Crippen LogP contribution in [0.5, 0.6) is 0 Å². The number of carbonyl (C=O) groups is 1. The van der Waals surface area contributed by atoms with Crippen molar-refractivity contribution in [3.8, 4) is 0 Å². The van der Waals surface area contributed by atoms with E-state index in [1.54, 1.807) is 6.20 Å². The van der Waals surface area contributed by atoms with E-state index in [1.165, 1.54) is 5.69 Å². The van der Waals surface area contributed by atoms with Crippen molar-refractivity contribution in [1.82, 2.24) is 4.57 Å². The van der Waals surface area contributed by atoms with E-state index in [0.29, 0.717) is 5.56 Å². The van der Waals surface area contributed by atoms with Crippen LogP contribution in [0.15, 0.2) is 48.7 Å². The third kappa shape index (κ3) is 3.55. The summed E-state index contributed by atoms with van der Waals surface area (Å²) in [6.45, 7) is 5.98. The highest BCUT2D eigenvalue weighted by Crippen LogP contribution is 2.28. The molecule has 146 valence electrons. The van der Waals surface area contributed by atoms with Crippen LogP contribution in [0.3, 0.4) is 0 Å². The van der Waals surface area contributed by atoms with Gasteiger partial charge in [-0.15, -0.1) is 0 Å². The molecule has 1 saturated heterocycles. The summed E-state index contributed by atoms with van der Waals surface area (Å²) < 4.78 is 7.64. The molecule has 1 fully saturated rings. The predicted molar refractivity (Wildman–Crippen MR) is 112 cm³/mol. The number of morpholine rings is 1. The third-order valence-corrected chi connectivity index (χ3v) is 5.16. The van der Waals surface area contributed by atoms with Crippen LogP contribution < -0.4 is 10.2 Å². The fourth-order valence-electron chi connectivity index (χ4n) is 3.95. The van der Waals surface area contributed by atoms with Gasteiger partial charge in [0.15, 0.2) is 0 Å². The van der Waals surface area contributed by atoms with Gasteiger partial charge in [-0.25, -0.2) is 4.79 Å². The summed E-state index contributed by atoms with van der Waals surface area (Å²) in [6, 6.07) is 14.1. The molecule has 6 heteroatoms. The molecule has 2 aromatic carbocycles. The second-order valence-corrected chi connectivity index (χ2v) is 7.52. The molecule has 3 aromatic rings. The van der Waals surface area contributed by atoms with E-state index >= 15 is 0 Å². The van der Waals surface area contributed by atoms with E-state index in [9.17, 15) is 9.90 Å². The second kappa shape index (κ2) is 7.20. The van der Waals surface area contributed by atoms with Crippen molar-refractivity contribution in [2.45, 2.75) is 26.1 Å². The predicted octanol–water partition coefficient (Wildman–Crippen LogP) is 4.23. The summed E-state index contributed by atoms with van der Waals surface area (Å²) in [5.74, 6) is -0.916. The number of rotatable bonds is 4. The highest BCUT2D eigenvalue weighted by molar-refractivity contribution is 6.04. The van der Waals surface area contributed by atoms with Crippen LogP contribution in [0.4, 0.5) is 17.1 Å². The van der Waals surface area contributed by atoms with Gasteiger partial charge in [0.1, 0.15) is 0 Å². The van der Waals surface area contributed by atoms with Crippen LogP contribution in [0, 0.1) is 0 Å². The molecular weight excluding hydrogens is 354 g/mol. The Balaban J connectivity index is 1.54. The number of anilines is 3. The van der Waals surface area contributed by atoms with Crippen LogP contribution in [-0.4, -0.2) is 40.9 Å². The number of aromatic nitrogens is 1. The van der Waals surface area contributed by atoms with Gasteiger partial charge in [0.2, 0.25) is 0 Å². The lowest BCUT2D eigenvalue weighted by molar-refractivity contribution is -0.00521. The van der Waals surface area contributed by atoms with Gasteiger partial charge >= 0.3 is 5.97 Å². The third-order valence-electron chi connectivity index (χ3n) is 5.16. The fourth-order valence-corrected chi connectivity index (χ4v) is 3.95. The highest BCUT2D eigenvalue weighted by Gasteiger charge is 2.22. The first-order valence-corrected chi connectivity index (χ1v) is 9.50. The monoisotopic (exact) mass is 379 g/mol. The van der Waals surface area contributed by atoms with E-state index in [1.807, 2.05) is 41.9 Å². The molecule has 2 unspecified atom stereocenters. The van der Waals surface area contributed by atoms with Crippen molar-refractivity contribution in [3.05, 3.63) is 54.2 Å². The minimum atomic E-state index is -0.916. The second-order valence-electron chi connectivity index (χ2n) is 7.52. The van der Waals surface area contributed by atoms with Crippen molar-refractivity contribution in [2.75, 3.05) is 23.3 Å². The fraction of sp³-hybridized carbons (Fsp3) is 0.318. The summed E-state index contributed by atoms with van der Waals surface area (Å²) in [4.78, 5) is 13.8. The molecule has 0 bridgehead atoms. The smallest absolute Gasteiger partial charge is 0.337 e. The molecule has 0 saturated carbocycles. The Labute approximate surface area is 164 Å². The molecule has 2 N–H and O–H groups in total. The minimum absolute atomic E-state index is 0.225. The molecule has 2 heterocycles. The molecule has 6 nitrogen and oxygen atoms in total. The number of hydrogen-bond donors (Lipinski definition) is 2. The van der Waals surface area contributed by atoms with E-state index in [-0.39, 0.29) is 12.2 Å². The number of ether oxygens (including phenoxy) is 1. The molecule has 2 atom stereocenters. The summed E-state index contributed by atoms with van der Waals surface area (Å²) >= 11 is 0. The van der Waals surface area contributed by atoms with Crippen molar-refractivity contribution in [2.24, 2.45) is 7.05 Å². The number of hydrogen-bond acceptors (Lipinski definition) is 4. The summed E-state index contributed by atoms with van der Waals surface area (Å²) in [5.41, 5.74) is 4.22. The van der Waals surface area contributed by atoms with Crippen LogP contribution in [0.25, 0.3) is 10.9 Å². The lowest BCUT2D eigenvalue weighted by Crippen LogP contribution is -2.45. The van der Waals surface area contributed by atoms with Crippen molar-refractivity contribution >= 4 is 33.9 Å². The molecule has 4 rings (SSSR count). The summed E-state index contributed by atoms with van der Waals surface area (Å²) in [6.07, 6.45) is 2.10. The average Bonchev–Trinajstić information content (AvgIpc) is 2.98. The zero-order chi connectivity index (χ0) is 19.8. The highest BCUT2D eigenvalue weighted by atomic mass is 16.5. The topological polar surface area (TPSA) is 66.7 Å². The number of benzene rings is 2. The van der Waals surface area contributed by atoms with Crippen LogP contribution in [0.2, 0.25) is 0 Å². The molecule has 0 radical (unpaired) electrons. The van der Waals surface area contributed by atoms with Gasteiger partial charge in [-0.1, -0.05) is 0 Å². The molecule has 0 spiro atoms. The number of carboxylic acids is 1. The Bertz CT molecular complexity index is 1000. The first-order valence-electron chi connectivity index (χ1n) is 9.50. The van der Waals surface area contributed by atoms with Crippen LogP contribution in [-0.2, 0) is 11.8 Å². The largest absolute Gasteiger partial charge is 0.478 e. The number of aromatic carboxylic acids is 1. The van der Waals surface area contributed by atoms with Crippen LogP contribution in [0.1, 0.15) is 24.2 Å². The number of nitrogens with one attached hydrogen (secondary N) is 1. The molecular formula is C22H25N3O3. The molecule has 0 aliphatic carbocycles. The standard InChI is InChI=1S/C22H25N3O3/c1-14-11-25(12-15(2)28-14)18-7-4-16(5-8-18)23-17-6-9-21-19(10-17)20(22(26)27)13-24(21)3/h4-10,13-15,23H,11-12H2,1-3H3,(H,26,27). The van der Waals surface area contributed by atoms with E-state index < -0.39 is 5.97 Å². The van der Waals surface area contributed by atoms with Crippen LogP contribution >= 0.6 is 0 Å². The number of fused-ring (bicyclic) bond motifs is 1. The first-order chi connectivity index (χ1) is 13.4. The number of carboxylic acid groups (broad SMARTS) is 1. The van der Waals surface area contributed by atoms with Crippen molar-refractivity contribution in [3.63, 3.8) is 0 Å². The Morgan fingerprint density at radius 3 is 2.36 bits per heavy atom.